The molecule has 1 aliphatic heterocycles. The molecule has 29 heavy (non-hydrogen) atoms. The average molecular weight is 443 g/mol. The molecule has 0 aliphatic carbocycles. The van der Waals surface area contributed by atoms with Crippen molar-refractivity contribution in [2.45, 2.75) is 142 Å². The summed E-state index contributed by atoms with van der Waals surface area (Å²) in [6.45, 7) is 32.0. The van der Waals surface area contributed by atoms with Crippen LogP contribution in [0.5, 0.6) is 0 Å². The van der Waals surface area contributed by atoms with E-state index in [1.807, 2.05) is 0 Å². The Hall–Kier alpha value is 0.0538. The molecule has 0 spiro atoms. The maximum Gasteiger partial charge on any atom is 0.193 e. The van der Waals surface area contributed by atoms with Crippen LogP contribution < -0.4 is 0 Å². The highest BCUT2D eigenvalue weighted by atomic mass is 28.4. The molecule has 1 heterocycles. The van der Waals surface area contributed by atoms with Crippen LogP contribution in [0.1, 0.15) is 81.1 Å². The smallest absolute Gasteiger partial charge is 0.193 e. The van der Waals surface area contributed by atoms with Gasteiger partial charge in [0.2, 0.25) is 0 Å². The van der Waals surface area contributed by atoms with E-state index < -0.39 is 16.6 Å². The summed E-state index contributed by atoms with van der Waals surface area (Å²) in [6, 6.07) is 0. The highest BCUT2D eigenvalue weighted by molar-refractivity contribution is 6.74. The van der Waals surface area contributed by atoms with Gasteiger partial charge in [0.25, 0.3) is 0 Å². The Kier molecular flexibility index (Phi) is 9.04. The molecule has 0 aromatic heterocycles. The summed E-state index contributed by atoms with van der Waals surface area (Å²) in [5, 5.41) is 0.376. The number of hydrogen-bond acceptors (Lipinski definition) is 3. The zero-order valence-electron chi connectivity index (χ0n) is 21.6. The molecule has 1 saturated heterocycles. The van der Waals surface area contributed by atoms with E-state index in [0.29, 0.717) is 0 Å². The zero-order valence-corrected chi connectivity index (χ0v) is 23.6. The van der Waals surface area contributed by atoms with Crippen molar-refractivity contribution in [3.63, 3.8) is 0 Å². The molecule has 1 aliphatic rings. The second-order valence-corrected chi connectivity index (χ2v) is 21.7. The van der Waals surface area contributed by atoms with E-state index in [-0.39, 0.29) is 34.5 Å². The topological polar surface area (TPSA) is 27.7 Å². The van der Waals surface area contributed by atoms with Gasteiger partial charge in [-0.05, 0) is 61.6 Å². The standard InChI is InChI=1S/C24H50O3Si2/c1-14-15-20-16-18(2)22(27-29(12,13)24(7,8)9)21(25-20)17-19(3)26-28(10,11)23(4,5)6/h19-22H,2,14-17H2,1,3-13H3/t19?,20-,21+,22-/m0/s1. The van der Waals surface area contributed by atoms with E-state index in [0.717, 1.165) is 25.7 Å². The summed E-state index contributed by atoms with van der Waals surface area (Å²) < 4.78 is 20.1. The van der Waals surface area contributed by atoms with Crippen molar-refractivity contribution in [1.29, 1.82) is 0 Å². The van der Waals surface area contributed by atoms with E-state index >= 15 is 0 Å². The Morgan fingerprint density at radius 1 is 1.03 bits per heavy atom. The Labute approximate surface area is 184 Å². The van der Waals surface area contributed by atoms with Crippen LogP contribution in [0.2, 0.25) is 36.3 Å². The SMILES string of the molecule is C=C1C[C@H](CCC)O[C@H](CC(C)O[Si](C)(C)C(C)(C)C)[C@H]1O[Si](C)(C)C(C)(C)C. The summed E-state index contributed by atoms with van der Waals surface area (Å²) in [6.07, 6.45) is 4.42. The minimum atomic E-state index is -1.92. The number of hydrogen-bond donors (Lipinski definition) is 0. The predicted molar refractivity (Wildman–Crippen MR) is 132 cm³/mol. The highest BCUT2D eigenvalue weighted by Gasteiger charge is 2.45. The maximum absolute atomic E-state index is 6.86. The fourth-order valence-corrected chi connectivity index (χ4v) is 6.18. The van der Waals surface area contributed by atoms with E-state index in [4.69, 9.17) is 13.6 Å². The molecule has 0 amide bonds. The summed E-state index contributed by atoms with van der Waals surface area (Å²) in [7, 11) is -3.73. The second kappa shape index (κ2) is 9.68. The summed E-state index contributed by atoms with van der Waals surface area (Å²) in [5.41, 5.74) is 1.21. The second-order valence-electron chi connectivity index (χ2n) is 12.2. The van der Waals surface area contributed by atoms with Crippen LogP contribution in [0.25, 0.3) is 0 Å². The lowest BCUT2D eigenvalue weighted by Gasteiger charge is -2.46. The number of ether oxygens (including phenoxy) is 1. The molecule has 1 unspecified atom stereocenters. The van der Waals surface area contributed by atoms with Gasteiger partial charge in [-0.15, -0.1) is 0 Å². The third-order valence-corrected chi connectivity index (χ3v) is 16.4. The van der Waals surface area contributed by atoms with Gasteiger partial charge in [0, 0.05) is 12.5 Å². The summed E-state index contributed by atoms with van der Waals surface area (Å²) in [5.74, 6) is 0. The van der Waals surface area contributed by atoms with Gasteiger partial charge < -0.3 is 13.6 Å². The van der Waals surface area contributed by atoms with Gasteiger partial charge in [0.1, 0.15) is 0 Å². The third-order valence-electron chi connectivity index (χ3n) is 7.30. The minimum Gasteiger partial charge on any atom is -0.414 e. The van der Waals surface area contributed by atoms with E-state index in [2.05, 4.69) is 88.2 Å². The summed E-state index contributed by atoms with van der Waals surface area (Å²) >= 11 is 0. The Morgan fingerprint density at radius 3 is 2.00 bits per heavy atom. The molecule has 4 atom stereocenters. The van der Waals surface area contributed by atoms with Gasteiger partial charge in [-0.1, -0.05) is 61.5 Å². The molecule has 0 aromatic carbocycles. The molecule has 0 radical (unpaired) electrons. The van der Waals surface area contributed by atoms with Gasteiger partial charge in [0.05, 0.1) is 18.3 Å². The van der Waals surface area contributed by atoms with Crippen LogP contribution in [0.15, 0.2) is 12.2 Å². The van der Waals surface area contributed by atoms with Crippen molar-refractivity contribution in [3.05, 3.63) is 12.2 Å². The molecule has 3 nitrogen and oxygen atoms in total. The van der Waals surface area contributed by atoms with Crippen LogP contribution in [-0.4, -0.2) is 41.1 Å². The fraction of sp³-hybridized carbons (Fsp3) is 0.917. The van der Waals surface area contributed by atoms with Crippen molar-refractivity contribution in [3.8, 4) is 0 Å². The van der Waals surface area contributed by atoms with Crippen molar-refractivity contribution < 1.29 is 13.6 Å². The lowest BCUT2D eigenvalue weighted by Crippen LogP contribution is -2.52. The Bertz CT molecular complexity index is 543. The van der Waals surface area contributed by atoms with Gasteiger partial charge in [-0.3, -0.25) is 0 Å². The molecule has 0 aromatic rings. The molecule has 172 valence electrons. The van der Waals surface area contributed by atoms with Crippen molar-refractivity contribution in [2.75, 3.05) is 0 Å². The van der Waals surface area contributed by atoms with Gasteiger partial charge >= 0.3 is 0 Å². The molecular formula is C24H50O3Si2. The van der Waals surface area contributed by atoms with Gasteiger partial charge in [-0.25, -0.2) is 0 Å². The quantitative estimate of drug-likeness (QED) is 0.285. The molecular weight excluding hydrogens is 392 g/mol. The van der Waals surface area contributed by atoms with Crippen LogP contribution >= 0.6 is 0 Å². The Morgan fingerprint density at radius 2 is 1.55 bits per heavy atom. The highest BCUT2D eigenvalue weighted by Crippen LogP contribution is 2.42. The van der Waals surface area contributed by atoms with Crippen molar-refractivity contribution >= 4 is 16.6 Å². The maximum atomic E-state index is 6.86. The minimum absolute atomic E-state index is 0.0190. The zero-order chi connectivity index (χ0) is 22.8. The van der Waals surface area contributed by atoms with Crippen LogP contribution in [0.4, 0.5) is 0 Å². The first-order valence-electron chi connectivity index (χ1n) is 11.6. The number of rotatable bonds is 8. The predicted octanol–water partition coefficient (Wildman–Crippen LogP) is 7.69. The molecule has 1 fully saturated rings. The monoisotopic (exact) mass is 442 g/mol. The third kappa shape index (κ3) is 7.31. The molecule has 1 rings (SSSR count). The molecule has 0 N–H and O–H groups in total. The first-order chi connectivity index (χ1) is 12.9. The first kappa shape index (κ1) is 27.1. The summed E-state index contributed by atoms with van der Waals surface area (Å²) in [4.78, 5) is 0. The van der Waals surface area contributed by atoms with Gasteiger partial charge in [-0.2, -0.15) is 0 Å². The van der Waals surface area contributed by atoms with Crippen molar-refractivity contribution in [1.82, 2.24) is 0 Å². The molecule has 5 heteroatoms. The molecule has 0 bridgehead atoms. The molecule has 0 saturated carbocycles. The fourth-order valence-electron chi connectivity index (χ4n) is 3.42. The van der Waals surface area contributed by atoms with Crippen LogP contribution in [0, 0.1) is 0 Å². The van der Waals surface area contributed by atoms with E-state index in [1.54, 1.807) is 0 Å². The normalized spacial score (nSPS) is 25.9. The van der Waals surface area contributed by atoms with E-state index in [1.165, 1.54) is 5.57 Å². The Balaban J connectivity index is 3.02. The van der Waals surface area contributed by atoms with E-state index in [9.17, 15) is 0 Å². The largest absolute Gasteiger partial charge is 0.414 e. The van der Waals surface area contributed by atoms with Gasteiger partial charge in [0.15, 0.2) is 16.6 Å². The lowest BCUT2D eigenvalue weighted by molar-refractivity contribution is -0.102. The lowest BCUT2D eigenvalue weighted by atomic mass is 9.92. The van der Waals surface area contributed by atoms with Crippen molar-refractivity contribution in [2.24, 2.45) is 0 Å². The average Bonchev–Trinajstić information content (AvgIpc) is 2.48. The van der Waals surface area contributed by atoms with Crippen LogP contribution in [0.3, 0.4) is 0 Å². The van der Waals surface area contributed by atoms with Crippen LogP contribution in [-0.2, 0) is 13.6 Å². The first-order valence-corrected chi connectivity index (χ1v) is 17.4.